The van der Waals surface area contributed by atoms with Crippen LogP contribution in [0.1, 0.15) is 34.6 Å². The van der Waals surface area contributed by atoms with Gasteiger partial charge in [0.15, 0.2) is 0 Å². The van der Waals surface area contributed by atoms with Crippen molar-refractivity contribution >= 4 is 27.7 Å². The number of ketones is 1. The Kier molecular flexibility index (Phi) is 5.45. The van der Waals surface area contributed by atoms with Crippen molar-refractivity contribution in [3.63, 3.8) is 0 Å². The van der Waals surface area contributed by atoms with Gasteiger partial charge in [0.25, 0.3) is 5.78 Å². The Hall–Kier alpha value is -0.420. The summed E-state index contributed by atoms with van der Waals surface area (Å²) in [6.45, 7) is 8.82. The van der Waals surface area contributed by atoms with Crippen molar-refractivity contribution in [2.45, 2.75) is 45.0 Å². The standard InChI is InChI=1S/C10H17BrO4/c1-6(2)7(11)8(12)9(13)14-15-10(3,4)5/h6-7H,1-5H3. The fourth-order valence-corrected chi connectivity index (χ4v) is 0.806. The largest absolute Gasteiger partial charge is 0.409 e. The van der Waals surface area contributed by atoms with Gasteiger partial charge in [-0.2, -0.15) is 4.89 Å². The molecule has 4 nitrogen and oxygen atoms in total. The monoisotopic (exact) mass is 280 g/mol. The molecule has 0 aromatic rings. The first-order valence-corrected chi connectivity index (χ1v) is 5.64. The summed E-state index contributed by atoms with van der Waals surface area (Å²) < 4.78 is 0. The number of alkyl halides is 1. The van der Waals surface area contributed by atoms with Crippen LogP contribution >= 0.6 is 15.9 Å². The van der Waals surface area contributed by atoms with Crippen LogP contribution in [0.15, 0.2) is 0 Å². The first kappa shape index (κ1) is 14.6. The molecule has 0 aliphatic heterocycles. The molecule has 0 saturated heterocycles. The van der Waals surface area contributed by atoms with Crippen LogP contribution in [0.3, 0.4) is 0 Å². The van der Waals surface area contributed by atoms with Crippen molar-refractivity contribution in [3.05, 3.63) is 0 Å². The summed E-state index contributed by atoms with van der Waals surface area (Å²) in [5, 5.41) is 0. The Morgan fingerprint density at radius 3 is 2.00 bits per heavy atom. The van der Waals surface area contributed by atoms with Crippen molar-refractivity contribution in [1.29, 1.82) is 0 Å². The van der Waals surface area contributed by atoms with E-state index in [9.17, 15) is 9.59 Å². The minimum absolute atomic E-state index is 0.0275. The lowest BCUT2D eigenvalue weighted by atomic mass is 10.1. The molecule has 0 heterocycles. The SMILES string of the molecule is CC(C)C(Br)C(=O)C(=O)OOC(C)(C)C. The van der Waals surface area contributed by atoms with E-state index in [4.69, 9.17) is 4.89 Å². The van der Waals surface area contributed by atoms with Gasteiger partial charge in [0.2, 0.25) is 0 Å². The van der Waals surface area contributed by atoms with Gasteiger partial charge in [0.05, 0.1) is 4.83 Å². The molecule has 0 N–H and O–H groups in total. The molecule has 0 spiro atoms. The second-order valence-electron chi connectivity index (χ2n) is 4.58. The third kappa shape index (κ3) is 5.89. The van der Waals surface area contributed by atoms with E-state index in [-0.39, 0.29) is 5.92 Å². The molecule has 0 rings (SSSR count). The van der Waals surface area contributed by atoms with E-state index in [0.717, 1.165) is 0 Å². The number of rotatable bonds is 4. The summed E-state index contributed by atoms with van der Waals surface area (Å²) in [6.07, 6.45) is 0. The summed E-state index contributed by atoms with van der Waals surface area (Å²) in [5.74, 6) is -1.57. The summed E-state index contributed by atoms with van der Waals surface area (Å²) in [6, 6.07) is 0. The fraction of sp³-hybridized carbons (Fsp3) is 0.800. The molecule has 1 atom stereocenters. The molecule has 0 saturated carbocycles. The Morgan fingerprint density at radius 2 is 1.67 bits per heavy atom. The van der Waals surface area contributed by atoms with E-state index in [1.54, 1.807) is 20.8 Å². The molecule has 1 unspecified atom stereocenters. The topological polar surface area (TPSA) is 52.6 Å². The minimum Gasteiger partial charge on any atom is -0.289 e. The van der Waals surface area contributed by atoms with E-state index < -0.39 is 22.2 Å². The lowest BCUT2D eigenvalue weighted by Crippen LogP contribution is -2.32. The lowest BCUT2D eigenvalue weighted by Gasteiger charge is -2.17. The highest BCUT2D eigenvalue weighted by atomic mass is 79.9. The highest BCUT2D eigenvalue weighted by Gasteiger charge is 2.29. The minimum atomic E-state index is -0.972. The van der Waals surface area contributed by atoms with Crippen LogP contribution in [-0.2, 0) is 19.4 Å². The van der Waals surface area contributed by atoms with Crippen LogP contribution in [0.25, 0.3) is 0 Å². The van der Waals surface area contributed by atoms with E-state index in [1.165, 1.54) is 0 Å². The van der Waals surface area contributed by atoms with Gasteiger partial charge in [-0.05, 0) is 26.7 Å². The number of carbonyl (C=O) groups is 2. The van der Waals surface area contributed by atoms with Gasteiger partial charge in [-0.1, -0.05) is 29.8 Å². The van der Waals surface area contributed by atoms with Crippen LogP contribution < -0.4 is 0 Å². The van der Waals surface area contributed by atoms with Gasteiger partial charge in [-0.15, -0.1) is 0 Å². The van der Waals surface area contributed by atoms with Crippen LogP contribution in [0.5, 0.6) is 0 Å². The van der Waals surface area contributed by atoms with Crippen molar-refractivity contribution in [2.75, 3.05) is 0 Å². The number of Topliss-reactive ketones (excluding diaryl/α,β-unsaturated/α-hetero) is 1. The molecule has 0 radical (unpaired) electrons. The van der Waals surface area contributed by atoms with Gasteiger partial charge in [-0.3, -0.25) is 9.68 Å². The van der Waals surface area contributed by atoms with Gasteiger partial charge in [0, 0.05) is 0 Å². The smallest absolute Gasteiger partial charge is 0.289 e. The quantitative estimate of drug-likeness (QED) is 0.343. The summed E-state index contributed by atoms with van der Waals surface area (Å²) in [7, 11) is 0. The Balaban J connectivity index is 4.18. The van der Waals surface area contributed by atoms with Crippen LogP contribution in [0.4, 0.5) is 0 Å². The highest BCUT2D eigenvalue weighted by Crippen LogP contribution is 2.14. The van der Waals surface area contributed by atoms with Crippen LogP contribution in [0, 0.1) is 5.92 Å². The first-order valence-electron chi connectivity index (χ1n) is 4.73. The predicted octanol–water partition coefficient (Wildman–Crippen LogP) is 2.25. The molecule has 0 aliphatic rings. The molecule has 0 fully saturated rings. The highest BCUT2D eigenvalue weighted by molar-refractivity contribution is 9.10. The van der Waals surface area contributed by atoms with E-state index in [0.29, 0.717) is 0 Å². The molecule has 5 heteroatoms. The Morgan fingerprint density at radius 1 is 1.20 bits per heavy atom. The molecule has 0 aromatic heterocycles. The average molecular weight is 281 g/mol. The lowest BCUT2D eigenvalue weighted by molar-refractivity contribution is -0.317. The average Bonchev–Trinajstić information content (AvgIpc) is 2.10. The molecular weight excluding hydrogens is 264 g/mol. The summed E-state index contributed by atoms with van der Waals surface area (Å²) >= 11 is 3.12. The van der Waals surface area contributed by atoms with E-state index in [1.807, 2.05) is 13.8 Å². The number of halogens is 1. The van der Waals surface area contributed by atoms with Crippen molar-refractivity contribution in [2.24, 2.45) is 5.92 Å². The second-order valence-corrected chi connectivity index (χ2v) is 5.56. The van der Waals surface area contributed by atoms with Crippen LogP contribution in [-0.4, -0.2) is 22.2 Å². The number of hydrogen-bond donors (Lipinski definition) is 0. The molecule has 15 heavy (non-hydrogen) atoms. The van der Waals surface area contributed by atoms with Crippen molar-refractivity contribution in [3.8, 4) is 0 Å². The van der Waals surface area contributed by atoms with Gasteiger partial charge in [-0.25, -0.2) is 4.79 Å². The summed E-state index contributed by atoms with van der Waals surface area (Å²) in [4.78, 5) is 31.2. The van der Waals surface area contributed by atoms with Gasteiger partial charge < -0.3 is 0 Å². The first-order chi connectivity index (χ1) is 6.65. The molecule has 0 amide bonds. The third-order valence-electron chi connectivity index (χ3n) is 1.40. The molecule has 0 bridgehead atoms. The Bertz CT molecular complexity index is 242. The Labute approximate surface area is 98.4 Å². The van der Waals surface area contributed by atoms with Crippen molar-refractivity contribution < 1.29 is 19.4 Å². The normalized spacial score (nSPS) is 13.8. The van der Waals surface area contributed by atoms with Crippen molar-refractivity contribution in [1.82, 2.24) is 0 Å². The zero-order valence-electron chi connectivity index (χ0n) is 9.67. The second kappa shape index (κ2) is 5.61. The molecule has 0 aliphatic carbocycles. The van der Waals surface area contributed by atoms with E-state index in [2.05, 4.69) is 20.8 Å². The molecular formula is C10H17BrO4. The number of hydrogen-bond acceptors (Lipinski definition) is 4. The maximum absolute atomic E-state index is 11.4. The predicted molar refractivity (Wildman–Crippen MR) is 59.5 cm³/mol. The summed E-state index contributed by atoms with van der Waals surface area (Å²) in [5.41, 5.74) is -0.615. The van der Waals surface area contributed by atoms with Gasteiger partial charge in [0.1, 0.15) is 5.60 Å². The van der Waals surface area contributed by atoms with Gasteiger partial charge >= 0.3 is 5.97 Å². The maximum atomic E-state index is 11.4. The van der Waals surface area contributed by atoms with E-state index >= 15 is 0 Å². The number of carbonyl (C=O) groups excluding carboxylic acids is 2. The zero-order valence-corrected chi connectivity index (χ0v) is 11.3. The molecule has 0 aromatic carbocycles. The maximum Gasteiger partial charge on any atom is 0.409 e. The third-order valence-corrected chi connectivity index (χ3v) is 2.88. The van der Waals surface area contributed by atoms with Crippen LogP contribution in [0.2, 0.25) is 0 Å². The fourth-order valence-electron chi connectivity index (χ4n) is 0.619. The zero-order chi connectivity index (χ0) is 12.2. The molecule has 88 valence electrons.